The molecule has 0 radical (unpaired) electrons. The third-order valence-corrected chi connectivity index (χ3v) is 3.76. The first-order chi connectivity index (χ1) is 8.24. The van der Waals surface area contributed by atoms with Crippen LogP contribution in [0.1, 0.15) is 45.4 Å². The topological polar surface area (TPSA) is 48.1 Å². The maximum Gasteiger partial charge on any atom is 0.213 e. The molecule has 2 rings (SSSR count). The van der Waals surface area contributed by atoms with E-state index >= 15 is 0 Å². The van der Waals surface area contributed by atoms with Crippen molar-refractivity contribution >= 4 is 5.69 Å². The molecule has 2 N–H and O–H groups in total. The van der Waals surface area contributed by atoms with Gasteiger partial charge in [0, 0.05) is 11.5 Å². The minimum absolute atomic E-state index is 0.430. The van der Waals surface area contributed by atoms with E-state index in [1.165, 1.54) is 38.5 Å². The number of aromatic nitrogens is 1. The predicted molar refractivity (Wildman–Crippen MR) is 70.0 cm³/mol. The number of rotatable bonds is 6. The Hall–Kier alpha value is -1.25. The number of nitrogens with two attached hydrogens (primary N) is 1. The molecule has 0 aromatic carbocycles. The lowest BCUT2D eigenvalue weighted by molar-refractivity contribution is 0.0443. The minimum atomic E-state index is 0.430. The monoisotopic (exact) mass is 234 g/mol. The second-order valence-electron chi connectivity index (χ2n) is 5.18. The lowest BCUT2D eigenvalue weighted by atomic mass is 9.66. The molecule has 1 aromatic heterocycles. The predicted octanol–water partition coefficient (Wildman–Crippen LogP) is 3.40. The Bertz CT molecular complexity index is 344. The van der Waals surface area contributed by atoms with Crippen molar-refractivity contribution in [2.24, 2.45) is 5.41 Å². The van der Waals surface area contributed by atoms with Crippen LogP contribution < -0.4 is 10.5 Å². The van der Waals surface area contributed by atoms with E-state index in [1.807, 2.05) is 12.1 Å². The first-order valence-corrected chi connectivity index (χ1v) is 6.58. The second kappa shape index (κ2) is 5.39. The molecule has 0 saturated heterocycles. The fourth-order valence-corrected chi connectivity index (χ4v) is 2.40. The van der Waals surface area contributed by atoms with Crippen LogP contribution in [-0.4, -0.2) is 11.6 Å². The summed E-state index contributed by atoms with van der Waals surface area (Å²) >= 11 is 0. The molecular weight excluding hydrogens is 212 g/mol. The molecule has 1 aliphatic rings. The van der Waals surface area contributed by atoms with Gasteiger partial charge in [-0.1, -0.05) is 26.2 Å². The molecule has 0 aliphatic heterocycles. The molecule has 0 unspecified atom stereocenters. The molecule has 0 bridgehead atoms. The normalized spacial score (nSPS) is 17.5. The quantitative estimate of drug-likeness (QED) is 0.820. The highest BCUT2D eigenvalue weighted by molar-refractivity contribution is 5.35. The highest BCUT2D eigenvalue weighted by atomic mass is 16.5. The molecule has 1 aliphatic carbocycles. The number of anilines is 1. The first-order valence-electron chi connectivity index (χ1n) is 6.58. The van der Waals surface area contributed by atoms with Crippen molar-refractivity contribution in [3.63, 3.8) is 0 Å². The molecule has 0 atom stereocenters. The molecule has 1 aromatic rings. The zero-order chi connectivity index (χ0) is 12.1. The van der Waals surface area contributed by atoms with Gasteiger partial charge in [-0.15, -0.1) is 0 Å². The van der Waals surface area contributed by atoms with Crippen LogP contribution in [-0.2, 0) is 0 Å². The van der Waals surface area contributed by atoms with Gasteiger partial charge in [-0.3, -0.25) is 0 Å². The Labute approximate surface area is 103 Å². The van der Waals surface area contributed by atoms with E-state index in [9.17, 15) is 0 Å². The van der Waals surface area contributed by atoms with Gasteiger partial charge in [0.1, 0.15) is 0 Å². The third-order valence-electron chi connectivity index (χ3n) is 3.76. The maximum absolute atomic E-state index is 5.80. The third kappa shape index (κ3) is 3.11. The van der Waals surface area contributed by atoms with Crippen LogP contribution in [0.25, 0.3) is 0 Å². The number of nitrogen functional groups attached to an aromatic ring is 1. The average molecular weight is 234 g/mol. The standard InChI is InChI=1S/C14H22N2O/c1-2-3-7-14(8-4-9-14)11-17-13-6-5-12(15)10-16-13/h5-6,10H,2-4,7-9,11,15H2,1H3. The maximum atomic E-state index is 5.80. The molecule has 1 fully saturated rings. The minimum Gasteiger partial charge on any atom is -0.477 e. The Kier molecular flexibility index (Phi) is 3.87. The van der Waals surface area contributed by atoms with Crippen LogP contribution in [0, 0.1) is 5.41 Å². The Morgan fingerprint density at radius 1 is 1.41 bits per heavy atom. The molecule has 1 heterocycles. The van der Waals surface area contributed by atoms with Crippen molar-refractivity contribution < 1.29 is 4.74 Å². The fraction of sp³-hybridized carbons (Fsp3) is 0.643. The highest BCUT2D eigenvalue weighted by Gasteiger charge is 2.37. The van der Waals surface area contributed by atoms with Crippen LogP contribution in [0.15, 0.2) is 18.3 Å². The van der Waals surface area contributed by atoms with E-state index in [0.717, 1.165) is 6.61 Å². The van der Waals surface area contributed by atoms with Crippen LogP contribution in [0.5, 0.6) is 5.88 Å². The summed E-state index contributed by atoms with van der Waals surface area (Å²) in [6.07, 6.45) is 9.47. The average Bonchev–Trinajstić information content (AvgIpc) is 2.30. The zero-order valence-corrected chi connectivity index (χ0v) is 10.6. The van der Waals surface area contributed by atoms with E-state index in [-0.39, 0.29) is 0 Å². The Morgan fingerprint density at radius 3 is 2.76 bits per heavy atom. The summed E-state index contributed by atoms with van der Waals surface area (Å²) in [6.45, 7) is 3.05. The van der Waals surface area contributed by atoms with Crippen molar-refractivity contribution in [3.05, 3.63) is 18.3 Å². The zero-order valence-electron chi connectivity index (χ0n) is 10.6. The molecular formula is C14H22N2O. The van der Waals surface area contributed by atoms with Gasteiger partial charge in [-0.2, -0.15) is 0 Å². The van der Waals surface area contributed by atoms with Gasteiger partial charge in [0.2, 0.25) is 5.88 Å². The summed E-state index contributed by atoms with van der Waals surface area (Å²) in [5, 5.41) is 0. The lowest BCUT2D eigenvalue weighted by Gasteiger charge is -2.41. The summed E-state index contributed by atoms with van der Waals surface area (Å²) in [5.41, 5.74) is 6.71. The van der Waals surface area contributed by atoms with Gasteiger partial charge in [0.05, 0.1) is 18.5 Å². The van der Waals surface area contributed by atoms with Gasteiger partial charge in [-0.25, -0.2) is 4.98 Å². The van der Waals surface area contributed by atoms with Crippen LogP contribution in [0.3, 0.4) is 0 Å². The van der Waals surface area contributed by atoms with E-state index in [0.29, 0.717) is 17.0 Å². The van der Waals surface area contributed by atoms with Crippen molar-refractivity contribution in [1.29, 1.82) is 0 Å². The summed E-state index contributed by atoms with van der Waals surface area (Å²) in [6, 6.07) is 3.68. The van der Waals surface area contributed by atoms with Gasteiger partial charge in [0.15, 0.2) is 0 Å². The van der Waals surface area contributed by atoms with Crippen molar-refractivity contribution in [1.82, 2.24) is 4.98 Å². The molecule has 3 nitrogen and oxygen atoms in total. The largest absolute Gasteiger partial charge is 0.477 e. The number of pyridine rings is 1. The van der Waals surface area contributed by atoms with Crippen molar-refractivity contribution in [2.75, 3.05) is 12.3 Å². The second-order valence-corrected chi connectivity index (χ2v) is 5.18. The summed E-state index contributed by atoms with van der Waals surface area (Å²) in [5.74, 6) is 0.696. The van der Waals surface area contributed by atoms with Gasteiger partial charge >= 0.3 is 0 Å². The molecule has 94 valence electrons. The summed E-state index contributed by atoms with van der Waals surface area (Å²) in [4.78, 5) is 4.17. The molecule has 0 spiro atoms. The molecule has 17 heavy (non-hydrogen) atoms. The Morgan fingerprint density at radius 2 is 2.24 bits per heavy atom. The lowest BCUT2D eigenvalue weighted by Crippen LogP contribution is -2.35. The molecule has 0 amide bonds. The van der Waals surface area contributed by atoms with Crippen LogP contribution >= 0.6 is 0 Å². The fourth-order valence-electron chi connectivity index (χ4n) is 2.40. The highest BCUT2D eigenvalue weighted by Crippen LogP contribution is 2.45. The van der Waals surface area contributed by atoms with E-state index in [4.69, 9.17) is 10.5 Å². The van der Waals surface area contributed by atoms with E-state index < -0.39 is 0 Å². The summed E-state index contributed by atoms with van der Waals surface area (Å²) < 4.78 is 5.80. The number of hydrogen-bond acceptors (Lipinski definition) is 3. The molecule has 1 saturated carbocycles. The number of nitrogens with zero attached hydrogens (tertiary/aromatic N) is 1. The van der Waals surface area contributed by atoms with Crippen LogP contribution in [0.2, 0.25) is 0 Å². The number of ether oxygens (including phenoxy) is 1. The number of hydrogen-bond donors (Lipinski definition) is 1. The van der Waals surface area contributed by atoms with Gasteiger partial charge < -0.3 is 10.5 Å². The van der Waals surface area contributed by atoms with E-state index in [1.54, 1.807) is 6.20 Å². The number of unbranched alkanes of at least 4 members (excludes halogenated alkanes) is 1. The van der Waals surface area contributed by atoms with Crippen LogP contribution in [0.4, 0.5) is 5.69 Å². The summed E-state index contributed by atoms with van der Waals surface area (Å²) in [7, 11) is 0. The van der Waals surface area contributed by atoms with Crippen molar-refractivity contribution in [3.8, 4) is 5.88 Å². The first kappa shape index (κ1) is 12.2. The Balaban J connectivity index is 1.85. The van der Waals surface area contributed by atoms with E-state index in [2.05, 4.69) is 11.9 Å². The van der Waals surface area contributed by atoms with Gasteiger partial charge in [-0.05, 0) is 25.3 Å². The smallest absolute Gasteiger partial charge is 0.213 e. The van der Waals surface area contributed by atoms with Gasteiger partial charge in [0.25, 0.3) is 0 Å². The SMILES string of the molecule is CCCCC1(COc2ccc(N)cn2)CCC1. The molecule has 3 heteroatoms. The van der Waals surface area contributed by atoms with Crippen molar-refractivity contribution in [2.45, 2.75) is 45.4 Å².